The predicted molar refractivity (Wildman–Crippen MR) is 107 cm³/mol. The van der Waals surface area contributed by atoms with Gasteiger partial charge in [0.2, 0.25) is 0 Å². The van der Waals surface area contributed by atoms with Gasteiger partial charge in [-0.2, -0.15) is 0 Å². The predicted octanol–water partition coefficient (Wildman–Crippen LogP) is 4.71. The maximum absolute atomic E-state index is 12.6. The second-order valence-corrected chi connectivity index (χ2v) is 10.1. The Kier molecular flexibility index (Phi) is 6.02. The van der Waals surface area contributed by atoms with E-state index in [1.807, 2.05) is 44.4 Å². The number of carboxylic acids is 1. The lowest BCUT2D eigenvalue weighted by Crippen LogP contribution is -2.46. The van der Waals surface area contributed by atoms with Gasteiger partial charge >= 0.3 is 5.97 Å². The first-order chi connectivity index (χ1) is 12.0. The van der Waals surface area contributed by atoms with E-state index in [-0.39, 0.29) is 6.42 Å². The standard InChI is InChI=1S/C19H22N2O3S2/c1-18(2,3)26(24)21-19(4,11-17(22)23)16-10-14(12-25-16)13-7-6-8-15(9-13)20-5/h6-10,12,21H,11H2,1-4H3,(H,22,23)/t19-,26?/m0/s1. The van der Waals surface area contributed by atoms with Gasteiger partial charge in [0.05, 0.1) is 34.3 Å². The van der Waals surface area contributed by atoms with E-state index >= 15 is 0 Å². The fourth-order valence-corrected chi connectivity index (χ4v) is 4.36. The van der Waals surface area contributed by atoms with Crippen LogP contribution in [0.2, 0.25) is 0 Å². The van der Waals surface area contributed by atoms with Crippen molar-refractivity contribution in [2.45, 2.75) is 44.4 Å². The number of aliphatic carboxylic acids is 1. The van der Waals surface area contributed by atoms with Crippen LogP contribution in [-0.2, 0) is 21.3 Å². The van der Waals surface area contributed by atoms with Gasteiger partial charge in [-0.25, -0.2) is 13.8 Å². The van der Waals surface area contributed by atoms with Gasteiger partial charge in [-0.05, 0) is 56.3 Å². The molecule has 0 bridgehead atoms. The number of hydrogen-bond donors (Lipinski definition) is 2. The SMILES string of the molecule is [C-]#[N+]c1cccc(-c2csc([C@](C)(CC(=O)O)NS(=O)C(C)(C)C)c2)c1. The third-order valence-corrected chi connectivity index (χ3v) is 6.77. The normalized spacial score (nSPS) is 15.0. The molecule has 26 heavy (non-hydrogen) atoms. The molecule has 2 aromatic rings. The smallest absolute Gasteiger partial charge is 0.305 e. The van der Waals surface area contributed by atoms with Crippen molar-refractivity contribution < 1.29 is 14.1 Å². The van der Waals surface area contributed by atoms with Crippen LogP contribution in [0.1, 0.15) is 39.0 Å². The summed E-state index contributed by atoms with van der Waals surface area (Å²) in [6.45, 7) is 14.4. The highest BCUT2D eigenvalue weighted by Crippen LogP contribution is 2.36. The summed E-state index contributed by atoms with van der Waals surface area (Å²) in [5, 5.41) is 11.3. The number of carbonyl (C=O) groups is 1. The van der Waals surface area contributed by atoms with E-state index in [9.17, 15) is 14.1 Å². The molecule has 2 N–H and O–H groups in total. The van der Waals surface area contributed by atoms with E-state index in [4.69, 9.17) is 6.57 Å². The summed E-state index contributed by atoms with van der Waals surface area (Å²) >= 11 is 1.42. The minimum absolute atomic E-state index is 0.184. The number of nitrogens with one attached hydrogen (secondary N) is 1. The van der Waals surface area contributed by atoms with Crippen LogP contribution in [0.4, 0.5) is 5.69 Å². The molecule has 2 atom stereocenters. The minimum Gasteiger partial charge on any atom is -0.481 e. The molecule has 0 radical (unpaired) electrons. The summed E-state index contributed by atoms with van der Waals surface area (Å²) in [4.78, 5) is 15.6. The first-order valence-corrected chi connectivity index (χ1v) is 10.1. The van der Waals surface area contributed by atoms with E-state index in [0.717, 1.165) is 16.0 Å². The second-order valence-electron chi connectivity index (χ2n) is 7.25. The Morgan fingerprint density at radius 3 is 2.54 bits per heavy atom. The van der Waals surface area contributed by atoms with Crippen LogP contribution in [0, 0.1) is 6.57 Å². The molecule has 1 aromatic heterocycles. The van der Waals surface area contributed by atoms with Crippen LogP contribution in [0.15, 0.2) is 35.7 Å². The number of carboxylic acid groups (broad SMARTS) is 1. The van der Waals surface area contributed by atoms with Crippen molar-refractivity contribution in [2.24, 2.45) is 0 Å². The molecule has 2 rings (SSSR count). The van der Waals surface area contributed by atoms with Crippen LogP contribution in [0.25, 0.3) is 16.0 Å². The Balaban J connectivity index is 2.40. The molecule has 0 aliphatic rings. The average molecular weight is 391 g/mol. The minimum atomic E-state index is -1.41. The van der Waals surface area contributed by atoms with Gasteiger partial charge in [0, 0.05) is 4.88 Å². The summed E-state index contributed by atoms with van der Waals surface area (Å²) in [5.74, 6) is -0.962. The number of rotatable bonds is 6. The van der Waals surface area contributed by atoms with Crippen LogP contribution < -0.4 is 4.72 Å². The number of benzene rings is 1. The van der Waals surface area contributed by atoms with E-state index in [0.29, 0.717) is 5.69 Å². The Bertz CT molecular complexity index is 877. The highest BCUT2D eigenvalue weighted by Gasteiger charge is 2.35. The van der Waals surface area contributed by atoms with E-state index in [1.54, 1.807) is 19.1 Å². The first kappa shape index (κ1) is 20.3. The van der Waals surface area contributed by atoms with Crippen molar-refractivity contribution >= 4 is 34.0 Å². The lowest BCUT2D eigenvalue weighted by atomic mass is 9.96. The zero-order valence-electron chi connectivity index (χ0n) is 15.2. The molecule has 0 fully saturated rings. The lowest BCUT2D eigenvalue weighted by Gasteiger charge is -2.31. The van der Waals surface area contributed by atoms with Crippen LogP contribution >= 0.6 is 11.3 Å². The monoisotopic (exact) mass is 390 g/mol. The second kappa shape index (κ2) is 7.70. The molecule has 0 saturated carbocycles. The molecule has 0 spiro atoms. The van der Waals surface area contributed by atoms with E-state index in [1.165, 1.54) is 11.3 Å². The van der Waals surface area contributed by atoms with Gasteiger partial charge in [0.1, 0.15) is 0 Å². The lowest BCUT2D eigenvalue weighted by molar-refractivity contribution is -0.138. The number of thiophene rings is 1. The van der Waals surface area contributed by atoms with Crippen molar-refractivity contribution in [3.8, 4) is 11.1 Å². The molecule has 138 valence electrons. The van der Waals surface area contributed by atoms with Crippen LogP contribution in [0.3, 0.4) is 0 Å². The topological polar surface area (TPSA) is 70.8 Å². The third-order valence-electron chi connectivity index (χ3n) is 3.83. The molecule has 0 saturated heterocycles. The quantitative estimate of drug-likeness (QED) is 0.702. The summed E-state index contributed by atoms with van der Waals surface area (Å²) in [6.07, 6.45) is -0.184. The zero-order valence-corrected chi connectivity index (χ0v) is 16.8. The number of nitrogens with zero attached hydrogens (tertiary/aromatic N) is 1. The Morgan fingerprint density at radius 1 is 1.27 bits per heavy atom. The summed E-state index contributed by atoms with van der Waals surface area (Å²) in [7, 11) is -1.41. The molecule has 0 aliphatic carbocycles. The summed E-state index contributed by atoms with van der Waals surface area (Å²) < 4.78 is 15.1. The zero-order chi connectivity index (χ0) is 19.5. The molecular weight excluding hydrogens is 368 g/mol. The molecule has 1 heterocycles. The fraction of sp³-hybridized carbons (Fsp3) is 0.368. The van der Waals surface area contributed by atoms with Crippen molar-refractivity contribution in [1.29, 1.82) is 0 Å². The fourth-order valence-electron chi connectivity index (χ4n) is 2.37. The van der Waals surface area contributed by atoms with Crippen LogP contribution in [-0.4, -0.2) is 20.0 Å². The van der Waals surface area contributed by atoms with E-state index in [2.05, 4.69) is 9.57 Å². The van der Waals surface area contributed by atoms with Gasteiger partial charge in [-0.3, -0.25) is 4.79 Å². The summed E-state index contributed by atoms with van der Waals surface area (Å²) in [6, 6.07) is 9.18. The molecule has 0 amide bonds. The van der Waals surface area contributed by atoms with Crippen molar-refractivity contribution in [2.75, 3.05) is 0 Å². The molecule has 1 aromatic carbocycles. The molecular formula is C19H22N2O3S2. The van der Waals surface area contributed by atoms with Gasteiger partial charge in [-0.1, -0.05) is 18.2 Å². The first-order valence-electron chi connectivity index (χ1n) is 8.03. The maximum Gasteiger partial charge on any atom is 0.305 e. The highest BCUT2D eigenvalue weighted by atomic mass is 32.2. The van der Waals surface area contributed by atoms with Crippen molar-refractivity contribution in [3.05, 3.63) is 52.0 Å². The third kappa shape index (κ3) is 4.79. The molecule has 1 unspecified atom stereocenters. The number of hydrogen-bond acceptors (Lipinski definition) is 3. The summed E-state index contributed by atoms with van der Waals surface area (Å²) in [5.41, 5.74) is 1.41. The van der Waals surface area contributed by atoms with Gasteiger partial charge < -0.3 is 5.11 Å². The van der Waals surface area contributed by atoms with Gasteiger partial charge in [-0.15, -0.1) is 11.3 Å². The van der Waals surface area contributed by atoms with Crippen molar-refractivity contribution in [3.63, 3.8) is 0 Å². The molecule has 5 nitrogen and oxygen atoms in total. The molecule has 0 aliphatic heterocycles. The Morgan fingerprint density at radius 2 is 1.96 bits per heavy atom. The maximum atomic E-state index is 12.6. The molecule has 7 heteroatoms. The largest absolute Gasteiger partial charge is 0.481 e. The van der Waals surface area contributed by atoms with Crippen molar-refractivity contribution in [1.82, 2.24) is 4.72 Å². The highest BCUT2D eigenvalue weighted by molar-refractivity contribution is 7.84. The Hall–Kier alpha value is -2.01. The van der Waals surface area contributed by atoms with Gasteiger partial charge in [0.25, 0.3) is 0 Å². The van der Waals surface area contributed by atoms with Gasteiger partial charge in [0.15, 0.2) is 5.69 Å². The van der Waals surface area contributed by atoms with Crippen LogP contribution in [0.5, 0.6) is 0 Å². The average Bonchev–Trinajstić information content (AvgIpc) is 3.04. The van der Waals surface area contributed by atoms with E-state index < -0.39 is 27.2 Å². The Labute approximate surface area is 160 Å².